The molecular formula is C12H22N2O3. The monoisotopic (exact) mass is 242 g/mol. The molecule has 0 aromatic carbocycles. The second-order valence-corrected chi connectivity index (χ2v) is 5.20. The summed E-state index contributed by atoms with van der Waals surface area (Å²) in [6.07, 6.45) is 2.85. The maximum atomic E-state index is 12.1. The minimum atomic E-state index is -1.17. The van der Waals surface area contributed by atoms with Gasteiger partial charge < -0.3 is 15.7 Å². The third-order valence-electron chi connectivity index (χ3n) is 3.48. The van der Waals surface area contributed by atoms with Crippen LogP contribution in [0.15, 0.2) is 0 Å². The summed E-state index contributed by atoms with van der Waals surface area (Å²) >= 11 is 0. The number of carbonyl (C=O) groups excluding carboxylic acids is 1. The number of aliphatic carboxylic acids is 1. The van der Waals surface area contributed by atoms with Crippen LogP contribution < -0.4 is 10.6 Å². The van der Waals surface area contributed by atoms with E-state index in [0.717, 1.165) is 19.4 Å². The zero-order chi connectivity index (χ0) is 13.1. The lowest BCUT2D eigenvalue weighted by atomic mass is 9.92. The van der Waals surface area contributed by atoms with E-state index in [-0.39, 0.29) is 5.91 Å². The quantitative estimate of drug-likeness (QED) is 0.669. The van der Waals surface area contributed by atoms with Gasteiger partial charge in [-0.2, -0.15) is 0 Å². The van der Waals surface area contributed by atoms with E-state index < -0.39 is 17.0 Å². The fourth-order valence-electron chi connectivity index (χ4n) is 2.20. The van der Waals surface area contributed by atoms with Crippen molar-refractivity contribution in [3.05, 3.63) is 0 Å². The van der Waals surface area contributed by atoms with Crippen LogP contribution >= 0.6 is 0 Å². The van der Waals surface area contributed by atoms with Crippen LogP contribution in [0, 0.1) is 0 Å². The fraction of sp³-hybridized carbons (Fsp3) is 0.833. The molecule has 1 amide bonds. The Morgan fingerprint density at radius 3 is 2.59 bits per heavy atom. The Labute approximate surface area is 102 Å². The molecule has 0 spiro atoms. The van der Waals surface area contributed by atoms with Crippen molar-refractivity contribution in [1.82, 2.24) is 10.6 Å². The molecule has 1 fully saturated rings. The first-order valence-electron chi connectivity index (χ1n) is 6.15. The van der Waals surface area contributed by atoms with Crippen molar-refractivity contribution in [2.45, 2.75) is 57.5 Å². The molecule has 1 saturated heterocycles. The Balaban J connectivity index is 2.74. The summed E-state index contributed by atoms with van der Waals surface area (Å²) in [7, 11) is 0. The topological polar surface area (TPSA) is 78.4 Å². The van der Waals surface area contributed by atoms with Crippen LogP contribution in [0.5, 0.6) is 0 Å². The molecule has 1 heterocycles. The molecule has 0 aromatic rings. The average molecular weight is 242 g/mol. The van der Waals surface area contributed by atoms with E-state index in [2.05, 4.69) is 10.6 Å². The molecule has 0 aliphatic carbocycles. The summed E-state index contributed by atoms with van der Waals surface area (Å²) in [6.45, 7) is 6.10. The van der Waals surface area contributed by atoms with Crippen LogP contribution in [0.4, 0.5) is 0 Å². The Hall–Kier alpha value is -1.10. The van der Waals surface area contributed by atoms with Gasteiger partial charge in [0.05, 0.1) is 5.54 Å². The molecule has 1 rings (SSSR count). The zero-order valence-electron chi connectivity index (χ0n) is 10.8. The smallest absolute Gasteiger partial charge is 0.329 e. The minimum absolute atomic E-state index is 0.214. The number of hydrogen-bond donors (Lipinski definition) is 3. The number of amides is 1. The molecule has 0 aromatic heterocycles. The highest BCUT2D eigenvalue weighted by molar-refractivity contribution is 5.91. The first-order valence-corrected chi connectivity index (χ1v) is 6.15. The van der Waals surface area contributed by atoms with E-state index in [0.29, 0.717) is 12.8 Å². The lowest BCUT2D eigenvalue weighted by molar-refractivity contribution is -0.148. The number of carboxylic acid groups (broad SMARTS) is 1. The van der Waals surface area contributed by atoms with Crippen molar-refractivity contribution in [1.29, 1.82) is 0 Å². The van der Waals surface area contributed by atoms with Gasteiger partial charge in [0, 0.05) is 0 Å². The van der Waals surface area contributed by atoms with Crippen molar-refractivity contribution in [2.75, 3.05) is 6.54 Å². The summed E-state index contributed by atoms with van der Waals surface area (Å²) in [5, 5.41) is 15.0. The second kappa shape index (κ2) is 5.04. The third kappa shape index (κ3) is 2.97. The molecule has 5 heteroatoms. The van der Waals surface area contributed by atoms with Crippen LogP contribution in [0.3, 0.4) is 0 Å². The van der Waals surface area contributed by atoms with Crippen molar-refractivity contribution in [3.8, 4) is 0 Å². The average Bonchev–Trinajstić information content (AvgIpc) is 2.66. The van der Waals surface area contributed by atoms with Gasteiger partial charge in [-0.3, -0.25) is 4.79 Å². The Bertz CT molecular complexity index is 311. The summed E-state index contributed by atoms with van der Waals surface area (Å²) < 4.78 is 0. The van der Waals surface area contributed by atoms with Gasteiger partial charge in [0.15, 0.2) is 0 Å². The fourth-order valence-corrected chi connectivity index (χ4v) is 2.20. The molecule has 2 atom stereocenters. The van der Waals surface area contributed by atoms with Crippen LogP contribution in [0.25, 0.3) is 0 Å². The number of nitrogens with one attached hydrogen (secondary N) is 2. The Kier molecular flexibility index (Phi) is 4.14. The van der Waals surface area contributed by atoms with Crippen LogP contribution in [-0.4, -0.2) is 34.6 Å². The largest absolute Gasteiger partial charge is 0.480 e. The van der Waals surface area contributed by atoms with Gasteiger partial charge in [0.1, 0.15) is 5.54 Å². The Morgan fingerprint density at radius 2 is 2.18 bits per heavy atom. The predicted molar refractivity (Wildman–Crippen MR) is 64.7 cm³/mol. The van der Waals surface area contributed by atoms with Gasteiger partial charge >= 0.3 is 5.97 Å². The van der Waals surface area contributed by atoms with E-state index in [1.54, 1.807) is 6.92 Å². The normalized spacial score (nSPS) is 27.5. The molecule has 98 valence electrons. The van der Waals surface area contributed by atoms with Crippen LogP contribution in [0.1, 0.15) is 46.5 Å². The van der Waals surface area contributed by atoms with Gasteiger partial charge in [-0.25, -0.2) is 4.79 Å². The van der Waals surface area contributed by atoms with Gasteiger partial charge in [0.2, 0.25) is 5.91 Å². The zero-order valence-corrected chi connectivity index (χ0v) is 10.8. The first-order chi connectivity index (χ1) is 7.84. The molecule has 0 radical (unpaired) electrons. The molecule has 0 saturated carbocycles. The summed E-state index contributed by atoms with van der Waals surface area (Å²) in [4.78, 5) is 23.4. The van der Waals surface area contributed by atoms with Gasteiger partial charge in [0.25, 0.3) is 0 Å². The maximum absolute atomic E-state index is 12.1. The lowest BCUT2D eigenvalue weighted by Gasteiger charge is -2.31. The molecule has 17 heavy (non-hydrogen) atoms. The van der Waals surface area contributed by atoms with Crippen molar-refractivity contribution < 1.29 is 14.7 Å². The van der Waals surface area contributed by atoms with E-state index in [9.17, 15) is 14.7 Å². The summed E-state index contributed by atoms with van der Waals surface area (Å²) in [5.41, 5.74) is -1.79. The van der Waals surface area contributed by atoms with Gasteiger partial charge in [-0.15, -0.1) is 0 Å². The molecule has 3 N–H and O–H groups in total. The van der Waals surface area contributed by atoms with E-state index in [1.807, 2.05) is 13.8 Å². The molecule has 5 nitrogen and oxygen atoms in total. The Morgan fingerprint density at radius 1 is 1.53 bits per heavy atom. The molecular weight excluding hydrogens is 220 g/mol. The van der Waals surface area contributed by atoms with Crippen molar-refractivity contribution in [3.63, 3.8) is 0 Å². The minimum Gasteiger partial charge on any atom is -0.480 e. The number of rotatable bonds is 5. The lowest BCUT2D eigenvalue weighted by Crippen LogP contribution is -2.60. The van der Waals surface area contributed by atoms with Crippen LogP contribution in [-0.2, 0) is 9.59 Å². The standard InChI is InChI=1S/C12H22N2O3/c1-4-6-12(3,10(16)17)14-9(15)11(2)7-5-8-13-11/h13H,4-8H2,1-3H3,(H,14,15)(H,16,17). The van der Waals surface area contributed by atoms with Crippen molar-refractivity contribution >= 4 is 11.9 Å². The van der Waals surface area contributed by atoms with Crippen molar-refractivity contribution in [2.24, 2.45) is 0 Å². The molecule has 1 aliphatic rings. The molecule has 0 bridgehead atoms. The molecule has 1 aliphatic heterocycles. The SMILES string of the molecule is CCCC(C)(NC(=O)C1(C)CCCN1)C(=O)O. The third-order valence-corrected chi connectivity index (χ3v) is 3.48. The maximum Gasteiger partial charge on any atom is 0.329 e. The summed E-state index contributed by atoms with van der Waals surface area (Å²) in [5.74, 6) is -1.19. The van der Waals surface area contributed by atoms with Gasteiger partial charge in [-0.05, 0) is 39.7 Å². The van der Waals surface area contributed by atoms with Crippen LogP contribution in [0.2, 0.25) is 0 Å². The van der Waals surface area contributed by atoms with E-state index >= 15 is 0 Å². The number of hydrogen-bond acceptors (Lipinski definition) is 3. The highest BCUT2D eigenvalue weighted by Gasteiger charge is 2.41. The number of carboxylic acids is 1. The van der Waals surface area contributed by atoms with E-state index in [1.165, 1.54) is 0 Å². The van der Waals surface area contributed by atoms with Gasteiger partial charge in [-0.1, -0.05) is 13.3 Å². The number of carbonyl (C=O) groups is 2. The highest BCUT2D eigenvalue weighted by atomic mass is 16.4. The molecule has 2 unspecified atom stereocenters. The highest BCUT2D eigenvalue weighted by Crippen LogP contribution is 2.21. The summed E-state index contributed by atoms with van der Waals surface area (Å²) in [6, 6.07) is 0. The first kappa shape index (κ1) is 14.0. The van der Waals surface area contributed by atoms with E-state index in [4.69, 9.17) is 0 Å². The second-order valence-electron chi connectivity index (χ2n) is 5.20. The predicted octanol–water partition coefficient (Wildman–Crippen LogP) is 0.888.